The fourth-order valence-corrected chi connectivity index (χ4v) is 2.78. The van der Waals surface area contributed by atoms with Gasteiger partial charge >= 0.3 is 6.09 Å². The summed E-state index contributed by atoms with van der Waals surface area (Å²) in [4.78, 5) is 26.3. The van der Waals surface area contributed by atoms with E-state index in [0.29, 0.717) is 6.54 Å². The second kappa shape index (κ2) is 9.60. The summed E-state index contributed by atoms with van der Waals surface area (Å²) in [6.07, 6.45) is 2.35. The van der Waals surface area contributed by atoms with Crippen LogP contribution in [-0.2, 0) is 9.53 Å². The van der Waals surface area contributed by atoms with Gasteiger partial charge in [0.2, 0.25) is 5.91 Å². The zero-order chi connectivity index (χ0) is 19.9. The van der Waals surface area contributed by atoms with Crippen LogP contribution in [0, 0.1) is 13.8 Å². The van der Waals surface area contributed by atoms with Gasteiger partial charge in [0.15, 0.2) is 0 Å². The number of alkyl carbamates (subject to hydrolysis) is 1. The van der Waals surface area contributed by atoms with E-state index in [1.165, 1.54) is 0 Å². The highest BCUT2D eigenvalue weighted by Crippen LogP contribution is 2.24. The van der Waals surface area contributed by atoms with E-state index in [0.717, 1.165) is 36.1 Å². The van der Waals surface area contributed by atoms with Gasteiger partial charge in [-0.2, -0.15) is 0 Å². The van der Waals surface area contributed by atoms with Crippen LogP contribution < -0.4 is 10.2 Å². The first-order valence-electron chi connectivity index (χ1n) is 9.39. The van der Waals surface area contributed by atoms with Crippen molar-refractivity contribution >= 4 is 17.7 Å². The number of hydrogen-bond acceptors (Lipinski definition) is 3. The van der Waals surface area contributed by atoms with Crippen molar-refractivity contribution in [2.24, 2.45) is 0 Å². The van der Waals surface area contributed by atoms with Gasteiger partial charge in [-0.1, -0.05) is 31.9 Å². The number of aryl methyl sites for hydroxylation is 1. The van der Waals surface area contributed by atoms with E-state index < -0.39 is 11.7 Å². The van der Waals surface area contributed by atoms with E-state index in [1.54, 1.807) is 11.8 Å². The van der Waals surface area contributed by atoms with Gasteiger partial charge in [0, 0.05) is 19.2 Å². The van der Waals surface area contributed by atoms with Crippen LogP contribution in [0.1, 0.15) is 65.0 Å². The van der Waals surface area contributed by atoms with Crippen molar-refractivity contribution in [3.05, 3.63) is 29.3 Å². The largest absolute Gasteiger partial charge is 0.444 e. The van der Waals surface area contributed by atoms with Gasteiger partial charge in [0.05, 0.1) is 6.04 Å². The molecule has 0 aliphatic heterocycles. The van der Waals surface area contributed by atoms with Gasteiger partial charge in [-0.05, 0) is 58.2 Å². The monoisotopic (exact) mass is 362 g/mol. The zero-order valence-electron chi connectivity index (χ0n) is 17.3. The molecule has 1 atom stereocenters. The third kappa shape index (κ3) is 7.06. The molecule has 0 saturated heterocycles. The van der Waals surface area contributed by atoms with E-state index in [2.05, 4.69) is 12.2 Å². The summed E-state index contributed by atoms with van der Waals surface area (Å²) in [5.74, 6) is -0.0359. The van der Waals surface area contributed by atoms with Gasteiger partial charge in [-0.25, -0.2) is 4.79 Å². The van der Waals surface area contributed by atoms with Crippen molar-refractivity contribution in [3.63, 3.8) is 0 Å². The lowest BCUT2D eigenvalue weighted by Gasteiger charge is -2.30. The Labute approximate surface area is 158 Å². The summed E-state index contributed by atoms with van der Waals surface area (Å²) in [7, 11) is 0. The number of amides is 2. The minimum absolute atomic E-state index is 0.0359. The molecule has 1 unspecified atom stereocenters. The predicted octanol–water partition coefficient (Wildman–Crippen LogP) is 4.74. The summed E-state index contributed by atoms with van der Waals surface area (Å²) in [6, 6.07) is 5.78. The molecule has 5 heteroatoms. The summed E-state index contributed by atoms with van der Waals surface area (Å²) < 4.78 is 5.39. The van der Waals surface area contributed by atoms with Crippen LogP contribution in [0.4, 0.5) is 10.5 Å². The average molecular weight is 363 g/mol. The molecule has 0 bridgehead atoms. The van der Waals surface area contributed by atoms with Crippen LogP contribution >= 0.6 is 0 Å². The minimum atomic E-state index is -0.549. The van der Waals surface area contributed by atoms with E-state index in [9.17, 15) is 9.59 Å². The van der Waals surface area contributed by atoms with Gasteiger partial charge < -0.3 is 15.0 Å². The Bertz CT molecular complexity index is 620. The maximum atomic E-state index is 12.3. The fraction of sp³-hybridized carbons (Fsp3) is 0.619. The van der Waals surface area contributed by atoms with Crippen LogP contribution in [-0.4, -0.2) is 30.2 Å². The molecule has 0 aliphatic rings. The molecule has 0 radical (unpaired) electrons. The maximum absolute atomic E-state index is 12.3. The molecule has 0 heterocycles. The Hall–Kier alpha value is -2.04. The fourth-order valence-electron chi connectivity index (χ4n) is 2.78. The second-order valence-corrected chi connectivity index (χ2v) is 7.83. The Morgan fingerprint density at radius 3 is 2.42 bits per heavy atom. The molecule has 0 spiro atoms. The molecule has 0 aromatic heterocycles. The molecule has 1 aromatic carbocycles. The second-order valence-electron chi connectivity index (χ2n) is 7.83. The number of carbonyl (C=O) groups excluding carboxylic acids is 2. The number of carbonyl (C=O) groups is 2. The lowest BCUT2D eigenvalue weighted by molar-refractivity contribution is -0.116. The third-order valence-corrected chi connectivity index (χ3v) is 4.28. The van der Waals surface area contributed by atoms with Crippen LogP contribution in [0.15, 0.2) is 18.2 Å². The number of nitrogens with zero attached hydrogens (tertiary/aromatic N) is 1. The summed E-state index contributed by atoms with van der Waals surface area (Å²) in [6.45, 7) is 13.7. The average Bonchev–Trinajstić information content (AvgIpc) is 2.50. The Balaban J connectivity index is 2.99. The van der Waals surface area contributed by atoms with Gasteiger partial charge in [0.25, 0.3) is 0 Å². The third-order valence-electron chi connectivity index (χ3n) is 4.28. The van der Waals surface area contributed by atoms with Gasteiger partial charge in [0.1, 0.15) is 5.60 Å². The first-order chi connectivity index (χ1) is 12.0. The molecule has 1 aromatic rings. The number of unbranched alkanes of at least 4 members (excludes halogenated alkanes) is 1. The lowest BCUT2D eigenvalue weighted by Crippen LogP contribution is -2.47. The molecule has 1 rings (SSSR count). The molecule has 146 valence electrons. The van der Waals surface area contributed by atoms with Crippen molar-refractivity contribution in [2.75, 3.05) is 11.4 Å². The normalized spacial score (nSPS) is 12.4. The number of hydrogen-bond donors (Lipinski definition) is 1. The smallest absolute Gasteiger partial charge is 0.407 e. The Morgan fingerprint density at radius 1 is 1.23 bits per heavy atom. The molecule has 26 heavy (non-hydrogen) atoms. The van der Waals surface area contributed by atoms with Crippen molar-refractivity contribution in [1.82, 2.24) is 5.32 Å². The number of anilines is 1. The molecule has 5 nitrogen and oxygen atoms in total. The number of rotatable bonds is 7. The highest BCUT2D eigenvalue weighted by molar-refractivity contribution is 5.92. The van der Waals surface area contributed by atoms with E-state index >= 15 is 0 Å². The Kier molecular flexibility index (Phi) is 8.12. The highest BCUT2D eigenvalue weighted by Gasteiger charge is 2.23. The summed E-state index contributed by atoms with van der Waals surface area (Å²) in [5.41, 5.74) is 2.56. The number of ether oxygens (including phenoxy) is 1. The minimum Gasteiger partial charge on any atom is -0.444 e. The van der Waals surface area contributed by atoms with Crippen LogP contribution in [0.5, 0.6) is 0 Å². The van der Waals surface area contributed by atoms with Crippen molar-refractivity contribution in [1.29, 1.82) is 0 Å². The van der Waals surface area contributed by atoms with Crippen molar-refractivity contribution < 1.29 is 14.3 Å². The van der Waals surface area contributed by atoms with Gasteiger partial charge in [-0.3, -0.25) is 4.79 Å². The number of nitrogens with one attached hydrogen (secondary N) is 1. The topological polar surface area (TPSA) is 58.6 Å². The maximum Gasteiger partial charge on any atom is 0.407 e. The highest BCUT2D eigenvalue weighted by atomic mass is 16.6. The number of benzene rings is 1. The quantitative estimate of drug-likeness (QED) is 0.762. The van der Waals surface area contributed by atoms with E-state index in [1.807, 2.05) is 52.8 Å². The van der Waals surface area contributed by atoms with Crippen LogP contribution in [0.25, 0.3) is 0 Å². The molecular weight excluding hydrogens is 328 g/mol. The molecule has 2 amide bonds. The lowest BCUT2D eigenvalue weighted by atomic mass is 10.1. The molecular formula is C21H34N2O3. The van der Waals surface area contributed by atoms with Crippen molar-refractivity contribution in [3.8, 4) is 0 Å². The van der Waals surface area contributed by atoms with E-state index in [4.69, 9.17) is 4.74 Å². The Morgan fingerprint density at radius 2 is 1.88 bits per heavy atom. The summed E-state index contributed by atoms with van der Waals surface area (Å²) >= 11 is 0. The van der Waals surface area contributed by atoms with Crippen LogP contribution in [0.2, 0.25) is 0 Å². The van der Waals surface area contributed by atoms with E-state index in [-0.39, 0.29) is 11.9 Å². The summed E-state index contributed by atoms with van der Waals surface area (Å²) in [5, 5.41) is 2.94. The predicted molar refractivity (Wildman–Crippen MR) is 107 cm³/mol. The first-order valence-corrected chi connectivity index (χ1v) is 9.39. The first kappa shape index (κ1) is 22.0. The molecule has 0 fully saturated rings. The molecule has 1 N–H and O–H groups in total. The van der Waals surface area contributed by atoms with Crippen LogP contribution in [0.3, 0.4) is 0 Å². The zero-order valence-corrected chi connectivity index (χ0v) is 17.3. The standard InChI is InChI=1S/C21H34N2O3/c1-8-9-12-18(22-20(25)26-21(5,6)7)14-23(17(4)24)19-13-10-11-15(2)16(19)3/h10-11,13,18H,8-9,12,14H2,1-7H3,(H,22,25). The molecule has 0 saturated carbocycles. The van der Waals surface area contributed by atoms with Gasteiger partial charge in [-0.15, -0.1) is 0 Å². The SMILES string of the molecule is CCCCC(CN(C(C)=O)c1cccc(C)c1C)NC(=O)OC(C)(C)C. The molecule has 0 aliphatic carbocycles. The van der Waals surface area contributed by atoms with Crippen molar-refractivity contribution in [2.45, 2.75) is 79.4 Å².